The zero-order valence-electron chi connectivity index (χ0n) is 6.30. The van der Waals surface area contributed by atoms with Crippen molar-refractivity contribution in [2.24, 2.45) is 0 Å². The monoisotopic (exact) mass is 396 g/mol. The smallest absolute Gasteiger partial charge is 0.302 e. The molecular formula is C5H9F3I2O. The maximum Gasteiger partial charge on any atom is 0.302 e. The van der Waals surface area contributed by atoms with Gasteiger partial charge in [-0.15, -0.1) is 0 Å². The lowest BCUT2D eigenvalue weighted by molar-refractivity contribution is -0.247. The molecule has 0 heterocycles. The van der Waals surface area contributed by atoms with Crippen molar-refractivity contribution in [2.75, 3.05) is 7.11 Å². The molecule has 0 radical (unpaired) electrons. The average molecular weight is 396 g/mol. The molecule has 11 heavy (non-hydrogen) atoms. The lowest BCUT2D eigenvalue weighted by atomic mass is 10.2. The summed E-state index contributed by atoms with van der Waals surface area (Å²) in [5.74, 6) is -6.30. The van der Waals surface area contributed by atoms with E-state index >= 15 is 0 Å². The summed E-state index contributed by atoms with van der Waals surface area (Å²) in [7, 11) is 0.900. The molecule has 0 rings (SSSR count). The van der Waals surface area contributed by atoms with Crippen LogP contribution < -0.4 is 0 Å². The Bertz CT molecular complexity index is 102. The molecule has 0 saturated carbocycles. The van der Waals surface area contributed by atoms with Gasteiger partial charge in [-0.05, 0) is 0 Å². The number of hydrogen-bond acceptors (Lipinski definition) is 1. The van der Waals surface area contributed by atoms with Crippen LogP contribution in [0.5, 0.6) is 0 Å². The summed E-state index contributed by atoms with van der Waals surface area (Å²) in [5.41, 5.74) is 0. The fourth-order valence-corrected chi connectivity index (χ4v) is 0.179. The Hall–Kier alpha value is 1.21. The van der Waals surface area contributed by atoms with Gasteiger partial charge in [0.25, 0.3) is 5.85 Å². The second-order valence-electron chi connectivity index (χ2n) is 2.01. The van der Waals surface area contributed by atoms with Gasteiger partial charge in [-0.2, -0.15) is 0 Å². The van der Waals surface area contributed by atoms with Crippen molar-refractivity contribution in [3.05, 3.63) is 0 Å². The maximum absolute atomic E-state index is 12.4. The van der Waals surface area contributed by atoms with Crippen LogP contribution in [0.15, 0.2) is 0 Å². The third-order valence-corrected chi connectivity index (χ3v) is 1.17. The fraction of sp³-hybridized carbons (Fsp3) is 1.00. The van der Waals surface area contributed by atoms with Gasteiger partial charge in [-0.3, -0.25) is 0 Å². The summed E-state index contributed by atoms with van der Waals surface area (Å²) in [6.07, 6.45) is 0. The fourth-order valence-electron chi connectivity index (χ4n) is 0.179. The molecule has 0 aromatic carbocycles. The highest BCUT2D eigenvalue weighted by Crippen LogP contribution is 2.31. The minimum absolute atomic E-state index is 0.469. The zero-order valence-corrected chi connectivity index (χ0v) is 10.6. The molecule has 0 bridgehead atoms. The van der Waals surface area contributed by atoms with Gasteiger partial charge in [0.15, 0.2) is 0 Å². The molecule has 0 aliphatic rings. The molecule has 1 unspecified atom stereocenters. The van der Waals surface area contributed by atoms with E-state index < -0.39 is 11.8 Å². The Balaban J connectivity index is 0. The summed E-state index contributed by atoms with van der Waals surface area (Å²) in [5, 5.41) is 0. The van der Waals surface area contributed by atoms with Crippen LogP contribution in [0.2, 0.25) is 0 Å². The zero-order chi connectivity index (χ0) is 9.71. The molecule has 6 heteroatoms. The van der Waals surface area contributed by atoms with Crippen molar-refractivity contribution in [1.29, 1.82) is 0 Å². The van der Waals surface area contributed by atoms with E-state index in [0.717, 1.165) is 7.11 Å². The van der Waals surface area contributed by atoms with E-state index in [2.05, 4.69) is 42.0 Å². The van der Waals surface area contributed by atoms with Crippen molar-refractivity contribution in [3.8, 4) is 0 Å². The molecule has 0 spiro atoms. The molecule has 0 aromatic rings. The molecule has 70 valence electrons. The Kier molecular flexibility index (Phi) is 7.74. The number of alkyl halides is 3. The second kappa shape index (κ2) is 5.79. The lowest BCUT2D eigenvalue weighted by Gasteiger charge is -2.24. The summed E-state index contributed by atoms with van der Waals surface area (Å²) < 4.78 is 40.2. The molecule has 1 atom stereocenters. The summed E-state index contributed by atoms with van der Waals surface area (Å²) >= 11 is 4.24. The van der Waals surface area contributed by atoms with Gasteiger partial charge in [0.2, 0.25) is 0 Å². The quantitative estimate of drug-likeness (QED) is 0.647. The van der Waals surface area contributed by atoms with Gasteiger partial charge in [-0.25, -0.2) is 13.2 Å². The van der Waals surface area contributed by atoms with Crippen LogP contribution in [-0.4, -0.2) is 18.9 Å². The van der Waals surface area contributed by atoms with Crippen molar-refractivity contribution in [2.45, 2.75) is 25.6 Å². The molecule has 0 aromatic heterocycles. The minimum atomic E-state index is -3.44. The first-order valence-electron chi connectivity index (χ1n) is 2.57. The maximum atomic E-state index is 12.4. The average Bonchev–Trinajstić information content (AvgIpc) is 1.90. The van der Waals surface area contributed by atoms with E-state index in [1.54, 1.807) is 0 Å². The Labute approximate surface area is 87.4 Å². The highest BCUT2D eigenvalue weighted by Gasteiger charge is 2.47. The van der Waals surface area contributed by atoms with Gasteiger partial charge in [0, 0.05) is 58.2 Å². The van der Waals surface area contributed by atoms with E-state index in [-0.39, 0.29) is 0 Å². The van der Waals surface area contributed by atoms with Crippen molar-refractivity contribution < 1.29 is 17.9 Å². The van der Waals surface area contributed by atoms with Crippen LogP contribution in [0, 0.1) is 0 Å². The molecular weight excluding hydrogens is 387 g/mol. The van der Waals surface area contributed by atoms with E-state index in [1.807, 2.05) is 0 Å². The summed E-state index contributed by atoms with van der Waals surface area (Å²) in [6, 6.07) is 0. The Morgan fingerprint density at radius 3 is 1.36 bits per heavy atom. The van der Waals surface area contributed by atoms with Crippen LogP contribution in [0.25, 0.3) is 0 Å². The largest absolute Gasteiger partial charge is 0.345 e. The van der Waals surface area contributed by atoms with Crippen LogP contribution in [0.1, 0.15) is 13.8 Å². The van der Waals surface area contributed by atoms with Crippen LogP contribution in [0.3, 0.4) is 0 Å². The van der Waals surface area contributed by atoms with E-state index in [1.165, 1.54) is 0 Å². The highest BCUT2D eigenvalue weighted by molar-refractivity contribution is 15.0. The Morgan fingerprint density at radius 2 is 1.36 bits per heavy atom. The Morgan fingerprint density at radius 1 is 1.09 bits per heavy atom. The summed E-state index contributed by atoms with van der Waals surface area (Å²) in [4.78, 5) is 0. The SMILES string of the molecule is COC(C)(F)C(C)(F)F.II. The van der Waals surface area contributed by atoms with Gasteiger partial charge in [-0.1, -0.05) is 0 Å². The van der Waals surface area contributed by atoms with Gasteiger partial charge >= 0.3 is 5.92 Å². The third kappa shape index (κ3) is 5.45. The molecule has 0 N–H and O–H groups in total. The minimum Gasteiger partial charge on any atom is -0.345 e. The lowest BCUT2D eigenvalue weighted by Crippen LogP contribution is -2.40. The first-order chi connectivity index (χ1) is 4.81. The van der Waals surface area contributed by atoms with Gasteiger partial charge < -0.3 is 4.74 Å². The number of halogens is 5. The number of hydrogen-bond donors (Lipinski definition) is 0. The molecule has 0 aliphatic carbocycles. The standard InChI is InChI=1S/C5H9F3O.I2/c1-4(6,7)5(2,8)9-3;1-2/h1-3H3;. The third-order valence-electron chi connectivity index (χ3n) is 1.17. The normalized spacial score (nSPS) is 16.4. The van der Waals surface area contributed by atoms with E-state index in [9.17, 15) is 13.2 Å². The molecule has 0 amide bonds. The van der Waals surface area contributed by atoms with Crippen molar-refractivity contribution in [1.82, 2.24) is 0 Å². The van der Waals surface area contributed by atoms with Crippen molar-refractivity contribution in [3.63, 3.8) is 0 Å². The molecule has 0 fully saturated rings. The number of methoxy groups -OCH3 is 1. The molecule has 1 nitrogen and oxygen atoms in total. The van der Waals surface area contributed by atoms with Crippen LogP contribution in [-0.2, 0) is 4.74 Å². The predicted molar refractivity (Wildman–Crippen MR) is 55.2 cm³/mol. The second-order valence-corrected chi connectivity index (χ2v) is 2.01. The number of rotatable bonds is 2. The van der Waals surface area contributed by atoms with Crippen LogP contribution >= 0.6 is 37.2 Å². The predicted octanol–water partition coefficient (Wildman–Crippen LogP) is 3.75. The van der Waals surface area contributed by atoms with Gasteiger partial charge in [0.1, 0.15) is 0 Å². The van der Waals surface area contributed by atoms with Crippen molar-refractivity contribution >= 4 is 37.2 Å². The number of ether oxygens (including phenoxy) is 1. The van der Waals surface area contributed by atoms with E-state index in [4.69, 9.17) is 0 Å². The summed E-state index contributed by atoms with van der Waals surface area (Å²) in [6.45, 7) is 1.16. The highest BCUT2D eigenvalue weighted by atomic mass is 128. The molecule has 0 aliphatic heterocycles. The van der Waals surface area contributed by atoms with Crippen LogP contribution in [0.4, 0.5) is 13.2 Å². The first kappa shape index (κ1) is 14.7. The van der Waals surface area contributed by atoms with E-state index in [0.29, 0.717) is 13.8 Å². The van der Waals surface area contributed by atoms with Gasteiger partial charge in [0.05, 0.1) is 0 Å². The topological polar surface area (TPSA) is 9.23 Å². The first-order valence-corrected chi connectivity index (χ1v) is 8.86. The molecule has 0 saturated heterocycles.